The number of rotatable bonds is 4. The lowest BCUT2D eigenvalue weighted by Gasteiger charge is -2.32. The molecule has 1 fully saturated rings. The molecule has 100 valence electrons. The Hall–Kier alpha value is -1.68. The minimum atomic E-state index is 0.509. The van der Waals surface area contributed by atoms with Crippen LogP contribution in [-0.4, -0.2) is 16.2 Å². The Labute approximate surface area is 113 Å². The number of hydrogen-bond donors (Lipinski definition) is 1. The van der Waals surface area contributed by atoms with E-state index in [9.17, 15) is 0 Å². The van der Waals surface area contributed by atoms with Crippen molar-refractivity contribution < 1.29 is 4.52 Å². The van der Waals surface area contributed by atoms with E-state index in [0.29, 0.717) is 18.5 Å². The van der Waals surface area contributed by atoms with Crippen molar-refractivity contribution in [1.82, 2.24) is 15.5 Å². The Kier molecular flexibility index (Phi) is 3.89. The average molecular weight is 257 g/mol. The first-order valence-corrected chi connectivity index (χ1v) is 6.97. The Morgan fingerprint density at radius 3 is 2.79 bits per heavy atom. The van der Waals surface area contributed by atoms with Gasteiger partial charge in [0.15, 0.2) is 5.82 Å². The van der Waals surface area contributed by atoms with Crippen molar-refractivity contribution in [3.05, 3.63) is 48.1 Å². The Bertz CT molecular complexity index is 483. The van der Waals surface area contributed by atoms with Gasteiger partial charge in [0.25, 0.3) is 0 Å². The molecule has 1 aromatic carbocycles. The highest BCUT2D eigenvalue weighted by molar-refractivity contribution is 5.22. The minimum Gasteiger partial charge on any atom is -0.343 e. The summed E-state index contributed by atoms with van der Waals surface area (Å²) < 4.78 is 4.76. The number of nitrogens with one attached hydrogen (secondary N) is 1. The van der Waals surface area contributed by atoms with E-state index in [4.69, 9.17) is 4.52 Å². The summed E-state index contributed by atoms with van der Waals surface area (Å²) in [5, 5.41) is 7.44. The van der Waals surface area contributed by atoms with Crippen LogP contribution in [0.2, 0.25) is 0 Å². The molecule has 2 unspecified atom stereocenters. The average Bonchev–Trinajstić information content (AvgIpc) is 3.00. The van der Waals surface area contributed by atoms with E-state index < -0.39 is 0 Å². The zero-order chi connectivity index (χ0) is 12.9. The molecule has 1 aromatic heterocycles. The van der Waals surface area contributed by atoms with Crippen molar-refractivity contribution in [2.24, 2.45) is 0 Å². The van der Waals surface area contributed by atoms with Crippen molar-refractivity contribution in [2.45, 2.75) is 44.2 Å². The molecule has 1 aliphatic carbocycles. The van der Waals surface area contributed by atoms with Gasteiger partial charge in [-0.15, -0.1) is 0 Å². The lowest BCUT2D eigenvalue weighted by Crippen LogP contribution is -2.37. The van der Waals surface area contributed by atoms with E-state index in [1.165, 1.54) is 37.6 Å². The first kappa shape index (κ1) is 12.4. The summed E-state index contributed by atoms with van der Waals surface area (Å²) in [6, 6.07) is 11.3. The summed E-state index contributed by atoms with van der Waals surface area (Å²) in [6.45, 7) is 0.685. The van der Waals surface area contributed by atoms with Crippen LogP contribution in [0.15, 0.2) is 41.2 Å². The normalized spacial score (nSPS) is 23.4. The van der Waals surface area contributed by atoms with Crippen LogP contribution in [0.3, 0.4) is 0 Å². The molecule has 1 saturated carbocycles. The monoisotopic (exact) mass is 257 g/mol. The Balaban J connectivity index is 1.67. The predicted molar refractivity (Wildman–Crippen MR) is 72.6 cm³/mol. The van der Waals surface area contributed by atoms with Crippen LogP contribution >= 0.6 is 0 Å². The van der Waals surface area contributed by atoms with E-state index >= 15 is 0 Å². The molecule has 2 aromatic rings. The molecule has 1 N–H and O–H groups in total. The Morgan fingerprint density at radius 1 is 1.16 bits per heavy atom. The fourth-order valence-electron chi connectivity index (χ4n) is 2.97. The van der Waals surface area contributed by atoms with Crippen LogP contribution in [0.4, 0.5) is 0 Å². The Morgan fingerprint density at radius 2 is 2.00 bits per heavy atom. The van der Waals surface area contributed by atoms with Gasteiger partial charge in [-0.05, 0) is 24.3 Å². The molecule has 1 heterocycles. The molecule has 0 aliphatic heterocycles. The van der Waals surface area contributed by atoms with E-state index in [0.717, 1.165) is 5.82 Å². The van der Waals surface area contributed by atoms with Crippen molar-refractivity contribution in [3.63, 3.8) is 0 Å². The van der Waals surface area contributed by atoms with Gasteiger partial charge in [0.1, 0.15) is 0 Å². The molecule has 4 nitrogen and oxygen atoms in total. The second kappa shape index (κ2) is 5.97. The molecule has 0 radical (unpaired) electrons. The van der Waals surface area contributed by atoms with Crippen LogP contribution < -0.4 is 5.32 Å². The van der Waals surface area contributed by atoms with E-state index in [1.54, 1.807) is 0 Å². The zero-order valence-corrected chi connectivity index (χ0v) is 11.0. The second-order valence-electron chi connectivity index (χ2n) is 5.14. The summed E-state index contributed by atoms with van der Waals surface area (Å²) in [4.78, 5) is 4.06. The topological polar surface area (TPSA) is 51.0 Å². The maximum Gasteiger partial charge on any atom is 0.213 e. The summed E-state index contributed by atoms with van der Waals surface area (Å²) in [6.07, 6.45) is 6.48. The third kappa shape index (κ3) is 3.01. The van der Waals surface area contributed by atoms with Gasteiger partial charge in [-0.1, -0.05) is 48.3 Å². The van der Waals surface area contributed by atoms with E-state index in [-0.39, 0.29) is 0 Å². The van der Waals surface area contributed by atoms with Gasteiger partial charge in [-0.3, -0.25) is 0 Å². The second-order valence-corrected chi connectivity index (χ2v) is 5.14. The molecule has 2 atom stereocenters. The van der Waals surface area contributed by atoms with Crippen LogP contribution in [0.5, 0.6) is 0 Å². The van der Waals surface area contributed by atoms with Crippen LogP contribution in [0.25, 0.3) is 0 Å². The summed E-state index contributed by atoms with van der Waals surface area (Å²) >= 11 is 0. The maximum absolute atomic E-state index is 4.76. The van der Waals surface area contributed by atoms with E-state index in [2.05, 4.69) is 45.8 Å². The first-order valence-electron chi connectivity index (χ1n) is 6.97. The highest BCUT2D eigenvalue weighted by Crippen LogP contribution is 2.33. The molecular weight excluding hydrogens is 238 g/mol. The van der Waals surface area contributed by atoms with Gasteiger partial charge in [0.2, 0.25) is 6.39 Å². The smallest absolute Gasteiger partial charge is 0.213 e. The lowest BCUT2D eigenvalue weighted by molar-refractivity contribution is 0.321. The van der Waals surface area contributed by atoms with Gasteiger partial charge >= 0.3 is 0 Å². The van der Waals surface area contributed by atoms with Gasteiger partial charge in [-0.25, -0.2) is 0 Å². The molecule has 3 rings (SSSR count). The lowest BCUT2D eigenvalue weighted by atomic mass is 9.80. The van der Waals surface area contributed by atoms with Crippen LogP contribution in [0.1, 0.15) is 43.0 Å². The fraction of sp³-hybridized carbons (Fsp3) is 0.467. The highest BCUT2D eigenvalue weighted by Gasteiger charge is 2.26. The summed E-state index contributed by atoms with van der Waals surface area (Å²) in [7, 11) is 0. The first-order chi connectivity index (χ1) is 9.43. The predicted octanol–water partition coefficient (Wildman–Crippen LogP) is 2.89. The molecule has 0 amide bonds. The quantitative estimate of drug-likeness (QED) is 0.915. The van der Waals surface area contributed by atoms with Crippen molar-refractivity contribution in [3.8, 4) is 0 Å². The molecule has 0 spiro atoms. The fourth-order valence-corrected chi connectivity index (χ4v) is 2.97. The molecule has 19 heavy (non-hydrogen) atoms. The third-order valence-electron chi connectivity index (χ3n) is 3.92. The molecule has 0 bridgehead atoms. The van der Waals surface area contributed by atoms with Crippen LogP contribution in [-0.2, 0) is 6.54 Å². The van der Waals surface area contributed by atoms with Crippen molar-refractivity contribution in [2.75, 3.05) is 0 Å². The molecule has 1 aliphatic rings. The largest absolute Gasteiger partial charge is 0.343 e. The standard InChI is InChI=1S/C15H19N3O/c1-2-6-12(7-3-1)13-8-4-5-9-14(13)16-10-15-17-11-19-18-15/h1-3,6-7,11,13-14,16H,4-5,8-10H2. The molecule has 0 saturated heterocycles. The van der Waals surface area contributed by atoms with E-state index in [1.807, 2.05) is 0 Å². The number of aromatic nitrogens is 2. The van der Waals surface area contributed by atoms with Gasteiger partial charge in [-0.2, -0.15) is 4.98 Å². The molecule has 4 heteroatoms. The minimum absolute atomic E-state index is 0.509. The van der Waals surface area contributed by atoms with Gasteiger partial charge in [0, 0.05) is 6.04 Å². The van der Waals surface area contributed by atoms with Gasteiger partial charge < -0.3 is 9.84 Å². The molecular formula is C15H19N3O. The number of nitrogens with zero attached hydrogens (tertiary/aromatic N) is 2. The van der Waals surface area contributed by atoms with Crippen LogP contribution in [0, 0.1) is 0 Å². The van der Waals surface area contributed by atoms with Crippen molar-refractivity contribution >= 4 is 0 Å². The number of hydrogen-bond acceptors (Lipinski definition) is 4. The van der Waals surface area contributed by atoms with Gasteiger partial charge in [0.05, 0.1) is 6.54 Å². The summed E-state index contributed by atoms with van der Waals surface area (Å²) in [5.41, 5.74) is 1.44. The maximum atomic E-state index is 4.76. The summed E-state index contributed by atoms with van der Waals surface area (Å²) in [5.74, 6) is 1.33. The van der Waals surface area contributed by atoms with Crippen molar-refractivity contribution in [1.29, 1.82) is 0 Å². The third-order valence-corrected chi connectivity index (χ3v) is 3.92. The SMILES string of the molecule is c1ccc(C2CCCCC2NCc2ncon2)cc1. The zero-order valence-electron chi connectivity index (χ0n) is 11.0. The number of benzene rings is 1. The highest BCUT2D eigenvalue weighted by atomic mass is 16.5.